The summed E-state index contributed by atoms with van der Waals surface area (Å²) in [6.45, 7) is 2.32. The summed E-state index contributed by atoms with van der Waals surface area (Å²) in [5.74, 6) is -0.337. The van der Waals surface area contributed by atoms with E-state index in [0.29, 0.717) is 25.9 Å². The molecule has 2 aromatic rings. The number of alkyl carbamates (subject to hydrolysis) is 1. The summed E-state index contributed by atoms with van der Waals surface area (Å²) in [6, 6.07) is 10.7. The monoisotopic (exact) mass is 534 g/mol. The highest BCUT2D eigenvalue weighted by Crippen LogP contribution is 2.32. The summed E-state index contributed by atoms with van der Waals surface area (Å²) in [7, 11) is 1.38. The third-order valence-electron chi connectivity index (χ3n) is 6.35. The minimum Gasteiger partial charge on any atom is -0.448 e. The van der Waals surface area contributed by atoms with Crippen molar-refractivity contribution in [1.29, 1.82) is 0 Å². The van der Waals surface area contributed by atoms with E-state index >= 15 is 0 Å². The van der Waals surface area contributed by atoms with Crippen LogP contribution in [0.3, 0.4) is 0 Å². The molecule has 11 heteroatoms. The Labute approximate surface area is 220 Å². The average molecular weight is 535 g/mol. The van der Waals surface area contributed by atoms with Crippen molar-refractivity contribution in [2.45, 2.75) is 45.5 Å². The standard InChI is InChI=1S/C27H33F3N4O4/c1-3-7-24(35)33-13-12-21-19(17-33)9-6-11-23(21)32-16-25(36)34(14-15-38-26(37)31-2)18-20-8-4-5-10-22(20)27(28,29)30/h4-6,8-11,32H,3,7,12-18H2,1-2H3,(H,31,37). The van der Waals surface area contributed by atoms with Gasteiger partial charge >= 0.3 is 12.3 Å². The van der Waals surface area contributed by atoms with Crippen LogP contribution in [0, 0.1) is 0 Å². The Bertz CT molecular complexity index is 1140. The Morgan fingerprint density at radius 3 is 2.58 bits per heavy atom. The third kappa shape index (κ3) is 7.62. The van der Waals surface area contributed by atoms with Gasteiger partial charge in [0.2, 0.25) is 11.8 Å². The van der Waals surface area contributed by atoms with Crippen molar-refractivity contribution in [3.63, 3.8) is 0 Å². The zero-order valence-electron chi connectivity index (χ0n) is 21.6. The van der Waals surface area contributed by atoms with E-state index in [1.807, 2.05) is 30.0 Å². The SMILES string of the molecule is CCCC(=O)N1CCc2c(cccc2NCC(=O)N(CCOC(=O)NC)Cc2ccccc2C(F)(F)F)C1. The van der Waals surface area contributed by atoms with E-state index in [2.05, 4.69) is 10.6 Å². The van der Waals surface area contributed by atoms with Crippen LogP contribution in [0.25, 0.3) is 0 Å². The molecule has 0 fully saturated rings. The summed E-state index contributed by atoms with van der Waals surface area (Å²) >= 11 is 0. The molecular weight excluding hydrogens is 501 g/mol. The van der Waals surface area contributed by atoms with Crippen molar-refractivity contribution in [2.24, 2.45) is 0 Å². The summed E-state index contributed by atoms with van der Waals surface area (Å²) in [4.78, 5) is 40.0. The minimum absolute atomic E-state index is 0.0535. The number of benzene rings is 2. The van der Waals surface area contributed by atoms with Gasteiger partial charge in [0.15, 0.2) is 0 Å². The second-order valence-electron chi connectivity index (χ2n) is 8.97. The van der Waals surface area contributed by atoms with Gasteiger partial charge in [-0.05, 0) is 41.7 Å². The van der Waals surface area contributed by atoms with Gasteiger partial charge in [0.25, 0.3) is 0 Å². The summed E-state index contributed by atoms with van der Waals surface area (Å²) in [5.41, 5.74) is 1.88. The number of amides is 3. The van der Waals surface area contributed by atoms with Crippen LogP contribution in [0.1, 0.15) is 42.0 Å². The van der Waals surface area contributed by atoms with Crippen LogP contribution in [0.15, 0.2) is 42.5 Å². The predicted molar refractivity (Wildman–Crippen MR) is 136 cm³/mol. The van der Waals surface area contributed by atoms with E-state index in [9.17, 15) is 27.6 Å². The van der Waals surface area contributed by atoms with Gasteiger partial charge in [0, 0.05) is 38.8 Å². The Morgan fingerprint density at radius 1 is 1.11 bits per heavy atom. The molecule has 2 N–H and O–H groups in total. The molecule has 8 nitrogen and oxygen atoms in total. The van der Waals surface area contributed by atoms with E-state index in [4.69, 9.17) is 4.74 Å². The number of rotatable bonds is 10. The van der Waals surface area contributed by atoms with E-state index < -0.39 is 23.7 Å². The number of anilines is 1. The molecular formula is C27H33F3N4O4. The van der Waals surface area contributed by atoms with Crippen LogP contribution in [-0.2, 0) is 40.0 Å². The number of ether oxygens (including phenoxy) is 1. The van der Waals surface area contributed by atoms with Crippen molar-refractivity contribution in [3.05, 3.63) is 64.7 Å². The fourth-order valence-electron chi connectivity index (χ4n) is 4.40. The van der Waals surface area contributed by atoms with Gasteiger partial charge in [-0.1, -0.05) is 37.3 Å². The zero-order valence-corrected chi connectivity index (χ0v) is 21.6. The van der Waals surface area contributed by atoms with Crippen LogP contribution in [0.5, 0.6) is 0 Å². The first kappa shape index (κ1) is 28.8. The number of nitrogens with zero attached hydrogens (tertiary/aromatic N) is 2. The molecule has 206 valence electrons. The number of halogens is 3. The second-order valence-corrected chi connectivity index (χ2v) is 8.97. The molecule has 1 aliphatic rings. The minimum atomic E-state index is -4.57. The first-order valence-electron chi connectivity index (χ1n) is 12.5. The Balaban J connectivity index is 1.73. The van der Waals surface area contributed by atoms with Gasteiger partial charge in [0.05, 0.1) is 18.7 Å². The van der Waals surface area contributed by atoms with E-state index in [-0.39, 0.29) is 37.7 Å². The van der Waals surface area contributed by atoms with Crippen molar-refractivity contribution >= 4 is 23.6 Å². The fourth-order valence-corrected chi connectivity index (χ4v) is 4.40. The molecule has 2 aromatic carbocycles. The first-order valence-corrected chi connectivity index (χ1v) is 12.5. The maximum absolute atomic E-state index is 13.5. The van der Waals surface area contributed by atoms with Crippen LogP contribution in [0.2, 0.25) is 0 Å². The molecule has 0 radical (unpaired) electrons. The Kier molecular flexibility index (Phi) is 9.98. The lowest BCUT2D eigenvalue weighted by Crippen LogP contribution is -2.39. The first-order chi connectivity index (χ1) is 18.1. The number of carbonyl (C=O) groups excluding carboxylic acids is 3. The molecule has 0 spiro atoms. The molecule has 0 saturated heterocycles. The summed E-state index contributed by atoms with van der Waals surface area (Å²) < 4.78 is 45.6. The number of hydrogen-bond donors (Lipinski definition) is 2. The lowest BCUT2D eigenvalue weighted by molar-refractivity contribution is -0.139. The van der Waals surface area contributed by atoms with Gasteiger partial charge in [0.1, 0.15) is 6.61 Å². The maximum atomic E-state index is 13.5. The highest BCUT2D eigenvalue weighted by Gasteiger charge is 2.33. The lowest BCUT2D eigenvalue weighted by Gasteiger charge is -2.30. The zero-order chi connectivity index (χ0) is 27.7. The number of fused-ring (bicyclic) bond motifs is 1. The molecule has 1 heterocycles. The van der Waals surface area contributed by atoms with Gasteiger partial charge in [-0.25, -0.2) is 4.79 Å². The topological polar surface area (TPSA) is 91.0 Å². The second kappa shape index (κ2) is 13.2. The number of alkyl halides is 3. The molecule has 0 saturated carbocycles. The van der Waals surface area contributed by atoms with Gasteiger partial charge < -0.3 is 25.2 Å². The van der Waals surface area contributed by atoms with Crippen LogP contribution in [0.4, 0.5) is 23.7 Å². The lowest BCUT2D eigenvalue weighted by atomic mass is 9.97. The summed E-state index contributed by atoms with van der Waals surface area (Å²) in [5, 5.41) is 5.42. The van der Waals surface area contributed by atoms with Gasteiger partial charge in [-0.3, -0.25) is 9.59 Å². The van der Waals surface area contributed by atoms with Crippen molar-refractivity contribution in [1.82, 2.24) is 15.1 Å². The molecule has 0 atom stereocenters. The molecule has 0 unspecified atom stereocenters. The predicted octanol–water partition coefficient (Wildman–Crippen LogP) is 4.19. The molecule has 0 aliphatic carbocycles. The van der Waals surface area contributed by atoms with Crippen molar-refractivity contribution in [2.75, 3.05) is 38.6 Å². The maximum Gasteiger partial charge on any atom is 0.416 e. The van der Waals surface area contributed by atoms with Crippen LogP contribution in [-0.4, -0.2) is 61.0 Å². The molecule has 38 heavy (non-hydrogen) atoms. The van der Waals surface area contributed by atoms with Crippen LogP contribution >= 0.6 is 0 Å². The van der Waals surface area contributed by atoms with Crippen molar-refractivity contribution in [3.8, 4) is 0 Å². The van der Waals surface area contributed by atoms with Gasteiger partial charge in [-0.15, -0.1) is 0 Å². The highest BCUT2D eigenvalue weighted by atomic mass is 19.4. The molecule has 1 aliphatic heterocycles. The molecule has 3 rings (SSSR count). The normalized spacial score (nSPS) is 12.9. The number of nitrogens with one attached hydrogen (secondary N) is 2. The average Bonchev–Trinajstić information content (AvgIpc) is 2.90. The molecule has 3 amide bonds. The Hall–Kier alpha value is -3.76. The fraction of sp³-hybridized carbons (Fsp3) is 0.444. The highest BCUT2D eigenvalue weighted by molar-refractivity contribution is 5.81. The van der Waals surface area contributed by atoms with Crippen LogP contribution < -0.4 is 10.6 Å². The quantitative estimate of drug-likeness (QED) is 0.477. The third-order valence-corrected chi connectivity index (χ3v) is 6.35. The number of carbonyl (C=O) groups is 3. The molecule has 0 aromatic heterocycles. The number of hydrogen-bond acceptors (Lipinski definition) is 5. The van der Waals surface area contributed by atoms with E-state index in [1.54, 1.807) is 0 Å². The summed E-state index contributed by atoms with van der Waals surface area (Å²) in [6.07, 6.45) is -3.36. The Morgan fingerprint density at radius 2 is 1.87 bits per heavy atom. The van der Waals surface area contributed by atoms with E-state index in [0.717, 1.165) is 29.3 Å². The van der Waals surface area contributed by atoms with E-state index in [1.165, 1.54) is 30.1 Å². The molecule has 0 bridgehead atoms. The van der Waals surface area contributed by atoms with Gasteiger partial charge in [-0.2, -0.15) is 13.2 Å². The largest absolute Gasteiger partial charge is 0.448 e. The van der Waals surface area contributed by atoms with Crippen molar-refractivity contribution < 1.29 is 32.3 Å². The smallest absolute Gasteiger partial charge is 0.416 e.